The fraction of sp³-hybridized carbons (Fsp3) is 0.125. The predicted octanol–water partition coefficient (Wildman–Crippen LogP) is 3.75. The molecule has 0 saturated carbocycles. The average molecular weight is 235 g/mol. The first-order valence-corrected chi connectivity index (χ1v) is 6.13. The SMILES string of the molecule is COc1ccc2[nH]c3c(c2c1)-c1ccccc1C3. The lowest BCUT2D eigenvalue weighted by Gasteiger charge is -2.02. The van der Waals surface area contributed by atoms with Gasteiger partial charge in [0.15, 0.2) is 0 Å². The van der Waals surface area contributed by atoms with Gasteiger partial charge in [-0.15, -0.1) is 0 Å². The number of hydrogen-bond donors (Lipinski definition) is 1. The van der Waals surface area contributed by atoms with E-state index in [4.69, 9.17) is 4.74 Å². The number of methoxy groups -OCH3 is 1. The second-order valence-corrected chi connectivity index (χ2v) is 4.72. The molecule has 0 bridgehead atoms. The minimum absolute atomic E-state index is 0.911. The molecular weight excluding hydrogens is 222 g/mol. The van der Waals surface area contributed by atoms with E-state index < -0.39 is 0 Å². The largest absolute Gasteiger partial charge is 0.497 e. The molecule has 0 radical (unpaired) electrons. The maximum absolute atomic E-state index is 5.33. The van der Waals surface area contributed by atoms with Crippen molar-refractivity contribution in [1.29, 1.82) is 0 Å². The van der Waals surface area contributed by atoms with E-state index in [1.807, 2.05) is 6.07 Å². The van der Waals surface area contributed by atoms with E-state index in [9.17, 15) is 0 Å². The number of aromatic nitrogens is 1. The Morgan fingerprint density at radius 1 is 1.11 bits per heavy atom. The van der Waals surface area contributed by atoms with Crippen molar-refractivity contribution in [3.63, 3.8) is 0 Å². The van der Waals surface area contributed by atoms with E-state index in [2.05, 4.69) is 41.4 Å². The van der Waals surface area contributed by atoms with Crippen molar-refractivity contribution in [2.75, 3.05) is 7.11 Å². The maximum atomic E-state index is 5.33. The second kappa shape index (κ2) is 3.39. The number of H-pyrrole nitrogens is 1. The van der Waals surface area contributed by atoms with Crippen molar-refractivity contribution in [2.24, 2.45) is 0 Å². The molecule has 1 heterocycles. The number of ether oxygens (including phenoxy) is 1. The molecule has 0 fully saturated rings. The molecule has 2 aromatic carbocycles. The number of fused-ring (bicyclic) bond motifs is 5. The van der Waals surface area contributed by atoms with Crippen molar-refractivity contribution < 1.29 is 4.74 Å². The minimum Gasteiger partial charge on any atom is -0.497 e. The molecule has 88 valence electrons. The molecule has 1 aliphatic carbocycles. The normalized spacial score (nSPS) is 12.5. The van der Waals surface area contributed by atoms with Gasteiger partial charge in [0, 0.05) is 28.6 Å². The third-order valence-corrected chi connectivity index (χ3v) is 3.74. The molecule has 18 heavy (non-hydrogen) atoms. The van der Waals surface area contributed by atoms with Gasteiger partial charge in [-0.1, -0.05) is 24.3 Å². The zero-order valence-electron chi connectivity index (χ0n) is 10.2. The van der Waals surface area contributed by atoms with Crippen molar-refractivity contribution in [2.45, 2.75) is 6.42 Å². The monoisotopic (exact) mass is 235 g/mol. The zero-order chi connectivity index (χ0) is 12.1. The summed E-state index contributed by atoms with van der Waals surface area (Å²) in [5, 5.41) is 1.26. The number of rotatable bonds is 1. The van der Waals surface area contributed by atoms with Crippen LogP contribution in [0.25, 0.3) is 22.0 Å². The van der Waals surface area contributed by atoms with Gasteiger partial charge in [0.2, 0.25) is 0 Å². The second-order valence-electron chi connectivity index (χ2n) is 4.72. The van der Waals surface area contributed by atoms with Crippen LogP contribution in [0.5, 0.6) is 5.75 Å². The van der Waals surface area contributed by atoms with Gasteiger partial charge in [-0.3, -0.25) is 0 Å². The summed E-state index contributed by atoms with van der Waals surface area (Å²) in [7, 11) is 1.71. The molecule has 1 N–H and O–H groups in total. The van der Waals surface area contributed by atoms with Crippen LogP contribution in [0, 0.1) is 0 Å². The Hall–Kier alpha value is -2.22. The minimum atomic E-state index is 0.911. The molecule has 1 aliphatic rings. The zero-order valence-corrected chi connectivity index (χ0v) is 10.2. The fourth-order valence-electron chi connectivity index (χ4n) is 2.90. The summed E-state index contributed by atoms with van der Waals surface area (Å²) in [6, 6.07) is 14.8. The van der Waals surface area contributed by atoms with Crippen LogP contribution in [-0.2, 0) is 6.42 Å². The van der Waals surface area contributed by atoms with E-state index in [1.54, 1.807) is 7.11 Å². The molecule has 2 nitrogen and oxygen atoms in total. The van der Waals surface area contributed by atoms with Crippen molar-refractivity contribution in [3.8, 4) is 16.9 Å². The highest BCUT2D eigenvalue weighted by Gasteiger charge is 2.22. The quantitative estimate of drug-likeness (QED) is 0.534. The van der Waals surface area contributed by atoms with Gasteiger partial charge in [-0.2, -0.15) is 0 Å². The molecule has 0 spiro atoms. The summed E-state index contributed by atoms with van der Waals surface area (Å²) in [6.07, 6.45) is 1.00. The van der Waals surface area contributed by atoms with Gasteiger partial charge in [0.25, 0.3) is 0 Å². The van der Waals surface area contributed by atoms with Crippen LogP contribution in [0.15, 0.2) is 42.5 Å². The Balaban J connectivity index is 2.07. The Labute approximate surface area is 105 Å². The van der Waals surface area contributed by atoms with Gasteiger partial charge in [-0.25, -0.2) is 0 Å². The van der Waals surface area contributed by atoms with Gasteiger partial charge in [-0.05, 0) is 29.3 Å². The van der Waals surface area contributed by atoms with Crippen LogP contribution >= 0.6 is 0 Å². The lowest BCUT2D eigenvalue weighted by atomic mass is 10.0. The Kier molecular flexibility index (Phi) is 1.84. The van der Waals surface area contributed by atoms with E-state index in [-0.39, 0.29) is 0 Å². The lowest BCUT2D eigenvalue weighted by Crippen LogP contribution is -1.83. The Morgan fingerprint density at radius 3 is 2.89 bits per heavy atom. The van der Waals surface area contributed by atoms with Gasteiger partial charge in [0.1, 0.15) is 5.75 Å². The highest BCUT2D eigenvalue weighted by atomic mass is 16.5. The topological polar surface area (TPSA) is 25.0 Å². The first-order valence-electron chi connectivity index (χ1n) is 6.13. The molecule has 2 heteroatoms. The van der Waals surface area contributed by atoms with Crippen LogP contribution in [-0.4, -0.2) is 12.1 Å². The van der Waals surface area contributed by atoms with Crippen LogP contribution in [0.1, 0.15) is 11.3 Å². The van der Waals surface area contributed by atoms with Gasteiger partial charge < -0.3 is 9.72 Å². The summed E-state index contributed by atoms with van der Waals surface area (Å²) in [5.41, 5.74) is 6.62. The molecule has 1 aromatic heterocycles. The summed E-state index contributed by atoms with van der Waals surface area (Å²) >= 11 is 0. The third kappa shape index (κ3) is 1.17. The van der Waals surface area contributed by atoms with Gasteiger partial charge in [0.05, 0.1) is 7.11 Å². The predicted molar refractivity (Wildman–Crippen MR) is 73.1 cm³/mol. The summed E-state index contributed by atoms with van der Waals surface area (Å²) < 4.78 is 5.33. The smallest absolute Gasteiger partial charge is 0.119 e. The first-order chi connectivity index (χ1) is 8.86. The molecule has 0 atom stereocenters. The fourth-order valence-corrected chi connectivity index (χ4v) is 2.90. The van der Waals surface area contributed by atoms with Crippen molar-refractivity contribution in [1.82, 2.24) is 4.98 Å². The van der Waals surface area contributed by atoms with Crippen LogP contribution in [0.4, 0.5) is 0 Å². The molecule has 0 amide bonds. The van der Waals surface area contributed by atoms with Crippen LogP contribution in [0.2, 0.25) is 0 Å². The average Bonchev–Trinajstić information content (AvgIpc) is 2.93. The summed E-state index contributed by atoms with van der Waals surface area (Å²) in [4.78, 5) is 3.52. The number of aromatic amines is 1. The molecule has 4 rings (SSSR count). The van der Waals surface area contributed by atoms with E-state index >= 15 is 0 Å². The Morgan fingerprint density at radius 2 is 2.00 bits per heavy atom. The maximum Gasteiger partial charge on any atom is 0.119 e. The molecule has 0 unspecified atom stereocenters. The molecule has 3 aromatic rings. The number of nitrogens with one attached hydrogen (secondary N) is 1. The number of hydrogen-bond acceptors (Lipinski definition) is 1. The molecular formula is C16H13NO. The third-order valence-electron chi connectivity index (χ3n) is 3.74. The van der Waals surface area contributed by atoms with Crippen LogP contribution < -0.4 is 4.74 Å². The number of benzene rings is 2. The highest BCUT2D eigenvalue weighted by molar-refractivity contribution is 6.01. The van der Waals surface area contributed by atoms with E-state index in [0.717, 1.165) is 12.2 Å². The Bertz CT molecular complexity index is 755. The van der Waals surface area contributed by atoms with Crippen molar-refractivity contribution in [3.05, 3.63) is 53.7 Å². The van der Waals surface area contributed by atoms with E-state index in [0.29, 0.717) is 0 Å². The van der Waals surface area contributed by atoms with E-state index in [1.165, 1.54) is 33.3 Å². The molecule has 0 aliphatic heterocycles. The van der Waals surface area contributed by atoms with Gasteiger partial charge >= 0.3 is 0 Å². The first kappa shape index (κ1) is 9.77. The van der Waals surface area contributed by atoms with Crippen molar-refractivity contribution >= 4 is 10.9 Å². The van der Waals surface area contributed by atoms with Crippen LogP contribution in [0.3, 0.4) is 0 Å². The standard InChI is InChI=1S/C16H13NO/c1-18-11-6-7-14-13(9-11)16-12-5-3-2-4-10(12)8-15(16)17-14/h2-7,9,17H,8H2,1H3. The highest BCUT2D eigenvalue weighted by Crippen LogP contribution is 2.42. The summed E-state index contributed by atoms with van der Waals surface area (Å²) in [6.45, 7) is 0. The molecule has 0 saturated heterocycles. The summed E-state index contributed by atoms with van der Waals surface area (Å²) in [5.74, 6) is 0.911. The lowest BCUT2D eigenvalue weighted by molar-refractivity contribution is 0.415.